The Hall–Kier alpha value is -1.54. The molecule has 0 unspecified atom stereocenters. The largest absolute Gasteiger partial charge is 0.394 e. The molecule has 18 heavy (non-hydrogen) atoms. The van der Waals surface area contributed by atoms with Gasteiger partial charge in [0.05, 0.1) is 12.6 Å². The minimum Gasteiger partial charge on any atom is -0.394 e. The van der Waals surface area contributed by atoms with E-state index in [9.17, 15) is 5.11 Å². The molecule has 1 aromatic carbocycles. The molecule has 0 bridgehead atoms. The van der Waals surface area contributed by atoms with Crippen molar-refractivity contribution < 1.29 is 5.11 Å². The van der Waals surface area contributed by atoms with Gasteiger partial charge in [-0.25, -0.2) is 0 Å². The normalized spacial score (nSPS) is 12.9. The molecule has 98 valence electrons. The Morgan fingerprint density at radius 1 is 1.28 bits per heavy atom. The molecule has 0 saturated heterocycles. The number of hydrogen-bond acceptors (Lipinski definition) is 2. The SMILES string of the molecule is C=C[C@@H](CO)N(/C=C/C(C)C)Cc1ccccc1. The first-order chi connectivity index (χ1) is 8.67. The van der Waals surface area contributed by atoms with E-state index in [2.05, 4.69) is 49.7 Å². The van der Waals surface area contributed by atoms with Gasteiger partial charge in [0.2, 0.25) is 0 Å². The summed E-state index contributed by atoms with van der Waals surface area (Å²) in [7, 11) is 0. The summed E-state index contributed by atoms with van der Waals surface area (Å²) in [6, 6.07) is 10.2. The van der Waals surface area contributed by atoms with E-state index in [1.54, 1.807) is 6.08 Å². The van der Waals surface area contributed by atoms with E-state index in [0.717, 1.165) is 6.54 Å². The lowest BCUT2D eigenvalue weighted by molar-refractivity contribution is 0.189. The Bertz CT molecular complexity index is 370. The number of rotatable bonds is 7. The van der Waals surface area contributed by atoms with Crippen molar-refractivity contribution in [2.75, 3.05) is 6.61 Å². The van der Waals surface area contributed by atoms with Gasteiger partial charge in [-0.15, -0.1) is 6.58 Å². The van der Waals surface area contributed by atoms with Crippen LogP contribution in [0.3, 0.4) is 0 Å². The highest BCUT2D eigenvalue weighted by Gasteiger charge is 2.10. The first-order valence-electron chi connectivity index (χ1n) is 6.38. The van der Waals surface area contributed by atoms with Gasteiger partial charge in [0.15, 0.2) is 0 Å². The van der Waals surface area contributed by atoms with Crippen molar-refractivity contribution in [3.8, 4) is 0 Å². The van der Waals surface area contributed by atoms with Gasteiger partial charge < -0.3 is 10.0 Å². The summed E-state index contributed by atoms with van der Waals surface area (Å²) in [6.07, 6.45) is 5.98. The molecule has 0 heterocycles. The van der Waals surface area contributed by atoms with Crippen LogP contribution in [0.1, 0.15) is 19.4 Å². The first kappa shape index (κ1) is 14.5. The van der Waals surface area contributed by atoms with Gasteiger partial charge in [0.1, 0.15) is 0 Å². The van der Waals surface area contributed by atoms with Crippen LogP contribution < -0.4 is 0 Å². The number of hydrogen-bond donors (Lipinski definition) is 1. The van der Waals surface area contributed by atoms with Gasteiger partial charge in [-0.2, -0.15) is 0 Å². The predicted octanol–water partition coefficient (Wildman–Crippen LogP) is 3.21. The fraction of sp³-hybridized carbons (Fsp3) is 0.375. The second kappa shape index (κ2) is 7.72. The summed E-state index contributed by atoms with van der Waals surface area (Å²) < 4.78 is 0. The number of aliphatic hydroxyl groups is 1. The molecular formula is C16H23NO. The fourth-order valence-corrected chi connectivity index (χ4v) is 1.67. The third-order valence-corrected chi connectivity index (χ3v) is 2.76. The zero-order chi connectivity index (χ0) is 13.4. The lowest BCUT2D eigenvalue weighted by Gasteiger charge is -2.27. The summed E-state index contributed by atoms with van der Waals surface area (Å²) in [5.41, 5.74) is 1.23. The van der Waals surface area contributed by atoms with Gasteiger partial charge in [0, 0.05) is 6.54 Å². The van der Waals surface area contributed by atoms with Crippen molar-refractivity contribution in [3.05, 3.63) is 60.8 Å². The van der Waals surface area contributed by atoms with Gasteiger partial charge >= 0.3 is 0 Å². The Balaban J connectivity index is 2.80. The zero-order valence-corrected chi connectivity index (χ0v) is 11.3. The minimum atomic E-state index is -0.0415. The van der Waals surface area contributed by atoms with Gasteiger partial charge in [-0.1, -0.05) is 56.3 Å². The topological polar surface area (TPSA) is 23.5 Å². The first-order valence-corrected chi connectivity index (χ1v) is 6.38. The highest BCUT2D eigenvalue weighted by Crippen LogP contribution is 2.11. The maximum Gasteiger partial charge on any atom is 0.0699 e. The fourth-order valence-electron chi connectivity index (χ4n) is 1.67. The molecule has 0 spiro atoms. The van der Waals surface area contributed by atoms with E-state index < -0.39 is 0 Å². The van der Waals surface area contributed by atoms with Crippen LogP contribution in [0.25, 0.3) is 0 Å². The van der Waals surface area contributed by atoms with Crippen molar-refractivity contribution in [1.82, 2.24) is 4.90 Å². The summed E-state index contributed by atoms with van der Waals surface area (Å²) >= 11 is 0. The van der Waals surface area contributed by atoms with Crippen LogP contribution in [0.2, 0.25) is 0 Å². The van der Waals surface area contributed by atoms with Crippen molar-refractivity contribution >= 4 is 0 Å². The van der Waals surface area contributed by atoms with E-state index in [0.29, 0.717) is 5.92 Å². The second-order valence-electron chi connectivity index (χ2n) is 4.73. The molecule has 1 rings (SSSR count). The number of benzene rings is 1. The predicted molar refractivity (Wildman–Crippen MR) is 77.0 cm³/mol. The van der Waals surface area contributed by atoms with Crippen molar-refractivity contribution in [3.63, 3.8) is 0 Å². The van der Waals surface area contributed by atoms with Crippen molar-refractivity contribution in [1.29, 1.82) is 0 Å². The van der Waals surface area contributed by atoms with Crippen LogP contribution in [-0.4, -0.2) is 22.7 Å². The third kappa shape index (κ3) is 4.76. The molecule has 0 aliphatic carbocycles. The van der Waals surface area contributed by atoms with E-state index in [1.165, 1.54) is 5.56 Å². The van der Waals surface area contributed by atoms with E-state index in [-0.39, 0.29) is 12.6 Å². The van der Waals surface area contributed by atoms with Gasteiger partial charge in [-0.05, 0) is 17.7 Å². The smallest absolute Gasteiger partial charge is 0.0699 e. The average Bonchev–Trinajstić information content (AvgIpc) is 2.38. The summed E-state index contributed by atoms with van der Waals surface area (Å²) in [5.74, 6) is 0.493. The molecule has 2 heteroatoms. The lowest BCUT2D eigenvalue weighted by atomic mass is 10.1. The van der Waals surface area contributed by atoms with E-state index in [4.69, 9.17) is 0 Å². The molecule has 0 radical (unpaired) electrons. The van der Waals surface area contributed by atoms with Gasteiger partial charge in [0.25, 0.3) is 0 Å². The quantitative estimate of drug-likeness (QED) is 0.746. The standard InChI is InChI=1S/C16H23NO/c1-4-16(13-18)17(11-10-14(2)3)12-15-8-6-5-7-9-15/h4-11,14,16,18H,1,12-13H2,2-3H3/b11-10+/t16-/m0/s1. The maximum absolute atomic E-state index is 9.39. The number of aliphatic hydroxyl groups excluding tert-OH is 1. The molecule has 0 saturated carbocycles. The van der Waals surface area contributed by atoms with Crippen molar-refractivity contribution in [2.24, 2.45) is 5.92 Å². The second-order valence-corrected chi connectivity index (χ2v) is 4.73. The maximum atomic E-state index is 9.39. The summed E-state index contributed by atoms with van der Waals surface area (Å²) in [5, 5.41) is 9.39. The summed E-state index contributed by atoms with van der Waals surface area (Å²) in [6.45, 7) is 8.92. The lowest BCUT2D eigenvalue weighted by Crippen LogP contribution is -2.31. The van der Waals surface area contributed by atoms with Crippen LogP contribution >= 0.6 is 0 Å². The van der Waals surface area contributed by atoms with E-state index in [1.807, 2.05) is 18.2 Å². The van der Waals surface area contributed by atoms with E-state index >= 15 is 0 Å². The Morgan fingerprint density at radius 2 is 1.94 bits per heavy atom. The summed E-state index contributed by atoms with van der Waals surface area (Å²) in [4.78, 5) is 2.11. The van der Waals surface area contributed by atoms with Gasteiger partial charge in [-0.3, -0.25) is 0 Å². The molecule has 0 aliphatic heterocycles. The molecule has 0 fully saturated rings. The van der Waals surface area contributed by atoms with Crippen LogP contribution in [-0.2, 0) is 6.54 Å². The molecule has 2 nitrogen and oxygen atoms in total. The minimum absolute atomic E-state index is 0.0415. The number of allylic oxidation sites excluding steroid dienone is 1. The van der Waals surface area contributed by atoms with Crippen LogP contribution in [0, 0.1) is 5.92 Å². The van der Waals surface area contributed by atoms with Crippen molar-refractivity contribution in [2.45, 2.75) is 26.4 Å². The van der Waals surface area contributed by atoms with Crippen LogP contribution in [0.5, 0.6) is 0 Å². The zero-order valence-electron chi connectivity index (χ0n) is 11.3. The molecular weight excluding hydrogens is 222 g/mol. The molecule has 0 amide bonds. The average molecular weight is 245 g/mol. The molecule has 1 aromatic rings. The molecule has 0 aromatic heterocycles. The molecule has 1 N–H and O–H groups in total. The Kier molecular flexibility index (Phi) is 6.23. The van der Waals surface area contributed by atoms with Crippen LogP contribution in [0.4, 0.5) is 0 Å². The highest BCUT2D eigenvalue weighted by atomic mass is 16.3. The highest BCUT2D eigenvalue weighted by molar-refractivity contribution is 5.15. The Morgan fingerprint density at radius 3 is 2.44 bits per heavy atom. The monoisotopic (exact) mass is 245 g/mol. The molecule has 0 aliphatic rings. The molecule has 1 atom stereocenters. The van der Waals surface area contributed by atoms with Crippen LogP contribution in [0.15, 0.2) is 55.3 Å². The Labute approximate surface area is 110 Å². The third-order valence-electron chi connectivity index (χ3n) is 2.76. The number of nitrogens with zero attached hydrogens (tertiary/aromatic N) is 1.